The molecule has 0 radical (unpaired) electrons. The van der Waals surface area contributed by atoms with Gasteiger partial charge in [-0.15, -0.1) is 0 Å². The number of ether oxygens (including phenoxy) is 2. The fraction of sp³-hybridized carbons (Fsp3) is 0.727. The van der Waals surface area contributed by atoms with Crippen molar-refractivity contribution < 1.29 is 14.3 Å². The van der Waals surface area contributed by atoms with Crippen LogP contribution in [0.4, 0.5) is 11.5 Å². The summed E-state index contributed by atoms with van der Waals surface area (Å²) in [5.74, 6) is -0.141. The van der Waals surface area contributed by atoms with Crippen LogP contribution in [-0.4, -0.2) is 35.7 Å². The lowest BCUT2D eigenvalue weighted by Crippen LogP contribution is -2.39. The number of esters is 1. The number of pyridine rings is 1. The Balaban J connectivity index is 2.60. The summed E-state index contributed by atoms with van der Waals surface area (Å²) in [6.07, 6.45) is 0.908. The van der Waals surface area contributed by atoms with Gasteiger partial charge in [0.15, 0.2) is 6.10 Å². The second kappa shape index (κ2) is 8.80. The average Bonchev–Trinajstić information content (AvgIpc) is 2.55. The number of carbonyl (C=O) groups excluding carboxylic acids is 1. The molecular formula is C22H36BrN3O3. The summed E-state index contributed by atoms with van der Waals surface area (Å²) in [6, 6.07) is 0. The Morgan fingerprint density at radius 3 is 2.28 bits per heavy atom. The summed E-state index contributed by atoms with van der Waals surface area (Å²) >= 11 is 3.71. The molecule has 0 amide bonds. The smallest absolute Gasteiger partial charge is 0.340 e. The number of nitrogens with zero attached hydrogens (tertiary/aromatic N) is 2. The molecule has 6 nitrogen and oxygen atoms in total. The van der Waals surface area contributed by atoms with Crippen molar-refractivity contribution in [3.05, 3.63) is 15.7 Å². The minimum absolute atomic E-state index is 0.254. The molecule has 1 aliphatic rings. The van der Waals surface area contributed by atoms with E-state index in [0.29, 0.717) is 16.8 Å². The van der Waals surface area contributed by atoms with Gasteiger partial charge in [0.2, 0.25) is 0 Å². The molecule has 2 rings (SSSR count). The lowest BCUT2D eigenvalue weighted by molar-refractivity contribution is -0.171. The SMILES string of the molecule is Cc1nc(N)c([C@H](OC(C)(C)C)C(=O)OC(C)C)c(N2CCC(C)(C)CC2)c1Br. The first kappa shape index (κ1) is 23.9. The molecule has 1 aromatic heterocycles. The Kier molecular flexibility index (Phi) is 7.26. The molecule has 2 heterocycles. The molecule has 0 spiro atoms. The van der Waals surface area contributed by atoms with Gasteiger partial charge < -0.3 is 20.1 Å². The van der Waals surface area contributed by atoms with Crippen molar-refractivity contribution in [3.8, 4) is 0 Å². The van der Waals surface area contributed by atoms with E-state index < -0.39 is 17.7 Å². The summed E-state index contributed by atoms with van der Waals surface area (Å²) in [5.41, 5.74) is 8.39. The number of hydrogen-bond donors (Lipinski definition) is 1. The number of rotatable bonds is 5. The minimum atomic E-state index is -0.952. The van der Waals surface area contributed by atoms with Gasteiger partial charge in [-0.1, -0.05) is 13.8 Å². The highest BCUT2D eigenvalue weighted by Gasteiger charge is 2.37. The number of carbonyl (C=O) groups is 1. The lowest BCUT2D eigenvalue weighted by Gasteiger charge is -2.40. The molecule has 1 atom stereocenters. The predicted molar refractivity (Wildman–Crippen MR) is 121 cm³/mol. The van der Waals surface area contributed by atoms with E-state index >= 15 is 0 Å². The third-order valence-corrected chi connectivity index (χ3v) is 6.03. The van der Waals surface area contributed by atoms with Crippen molar-refractivity contribution in [2.24, 2.45) is 5.41 Å². The number of piperidine rings is 1. The van der Waals surface area contributed by atoms with Gasteiger partial charge in [-0.3, -0.25) is 0 Å². The average molecular weight is 470 g/mol. The van der Waals surface area contributed by atoms with Crippen LogP contribution in [0.25, 0.3) is 0 Å². The van der Waals surface area contributed by atoms with Gasteiger partial charge in [0.1, 0.15) is 5.82 Å². The molecule has 1 fully saturated rings. The number of halogens is 1. The van der Waals surface area contributed by atoms with Crippen LogP contribution in [-0.2, 0) is 14.3 Å². The second-order valence-electron chi connectivity index (χ2n) is 9.91. The molecule has 7 heteroatoms. The normalized spacial score (nSPS) is 18.1. The Bertz CT molecular complexity index is 747. The van der Waals surface area contributed by atoms with Crippen molar-refractivity contribution in [2.75, 3.05) is 23.7 Å². The topological polar surface area (TPSA) is 77.7 Å². The lowest BCUT2D eigenvalue weighted by atomic mass is 9.82. The van der Waals surface area contributed by atoms with E-state index in [1.54, 1.807) is 0 Å². The van der Waals surface area contributed by atoms with Crippen LogP contribution >= 0.6 is 15.9 Å². The van der Waals surface area contributed by atoms with Crippen molar-refractivity contribution in [1.29, 1.82) is 0 Å². The van der Waals surface area contributed by atoms with Crippen LogP contribution in [0, 0.1) is 12.3 Å². The molecule has 0 aromatic carbocycles. The Hall–Kier alpha value is -1.34. The summed E-state index contributed by atoms with van der Waals surface area (Å²) in [5, 5.41) is 0. The highest BCUT2D eigenvalue weighted by Crippen LogP contribution is 2.44. The van der Waals surface area contributed by atoms with Crippen molar-refractivity contribution in [1.82, 2.24) is 4.98 Å². The van der Waals surface area contributed by atoms with Gasteiger partial charge >= 0.3 is 5.97 Å². The molecule has 29 heavy (non-hydrogen) atoms. The number of aromatic nitrogens is 1. The molecule has 1 saturated heterocycles. The van der Waals surface area contributed by atoms with Crippen LogP contribution in [0.3, 0.4) is 0 Å². The molecular weight excluding hydrogens is 434 g/mol. The highest BCUT2D eigenvalue weighted by atomic mass is 79.9. The standard InChI is InChI=1S/C22H36BrN3O3/c1-13(2)28-20(27)18(29-21(4,5)6)15-17(16(23)14(3)25-19(15)24)26-11-9-22(7,8)10-12-26/h13,18H,9-12H2,1-8H3,(H2,24,25)/t18-/m0/s1. The number of anilines is 2. The molecule has 0 aliphatic carbocycles. The molecule has 164 valence electrons. The van der Waals surface area contributed by atoms with E-state index in [1.807, 2.05) is 41.5 Å². The summed E-state index contributed by atoms with van der Waals surface area (Å²) < 4.78 is 12.6. The first-order valence-corrected chi connectivity index (χ1v) is 11.1. The summed E-state index contributed by atoms with van der Waals surface area (Å²) in [4.78, 5) is 19.8. The molecule has 0 bridgehead atoms. The van der Waals surface area contributed by atoms with Crippen LogP contribution < -0.4 is 10.6 Å². The number of hydrogen-bond acceptors (Lipinski definition) is 6. The Labute approximate surface area is 183 Å². The largest absolute Gasteiger partial charge is 0.461 e. The van der Waals surface area contributed by atoms with Gasteiger partial charge in [0.05, 0.1) is 33.1 Å². The summed E-state index contributed by atoms with van der Waals surface area (Å²) in [6.45, 7) is 17.6. The van der Waals surface area contributed by atoms with E-state index in [-0.39, 0.29) is 6.10 Å². The van der Waals surface area contributed by atoms with E-state index in [4.69, 9.17) is 15.2 Å². The van der Waals surface area contributed by atoms with Crippen molar-refractivity contribution >= 4 is 33.4 Å². The third kappa shape index (κ3) is 6.07. The van der Waals surface area contributed by atoms with E-state index in [9.17, 15) is 4.79 Å². The monoisotopic (exact) mass is 469 g/mol. The Morgan fingerprint density at radius 2 is 1.79 bits per heavy atom. The van der Waals surface area contributed by atoms with Gasteiger partial charge in [-0.25, -0.2) is 9.78 Å². The Morgan fingerprint density at radius 1 is 1.24 bits per heavy atom. The molecule has 1 aliphatic heterocycles. The quantitative estimate of drug-likeness (QED) is 0.599. The zero-order valence-electron chi connectivity index (χ0n) is 19.1. The zero-order valence-corrected chi connectivity index (χ0v) is 20.6. The second-order valence-corrected chi connectivity index (χ2v) is 10.7. The van der Waals surface area contributed by atoms with Crippen LogP contribution in [0.15, 0.2) is 4.47 Å². The maximum absolute atomic E-state index is 13.1. The van der Waals surface area contributed by atoms with Gasteiger partial charge in [0, 0.05) is 13.1 Å². The van der Waals surface area contributed by atoms with Gasteiger partial charge in [-0.05, 0) is 75.7 Å². The highest BCUT2D eigenvalue weighted by molar-refractivity contribution is 9.10. The van der Waals surface area contributed by atoms with Crippen LogP contribution in [0.5, 0.6) is 0 Å². The zero-order chi connectivity index (χ0) is 22.1. The first-order chi connectivity index (χ1) is 13.2. The molecule has 0 saturated carbocycles. The fourth-order valence-corrected chi connectivity index (χ4v) is 4.03. The number of nitrogens with two attached hydrogens (primary N) is 1. The van der Waals surface area contributed by atoms with Crippen molar-refractivity contribution in [3.63, 3.8) is 0 Å². The first-order valence-electron chi connectivity index (χ1n) is 10.3. The van der Waals surface area contributed by atoms with E-state index in [0.717, 1.165) is 41.8 Å². The van der Waals surface area contributed by atoms with Gasteiger partial charge in [0.25, 0.3) is 0 Å². The van der Waals surface area contributed by atoms with Crippen LogP contribution in [0.2, 0.25) is 0 Å². The minimum Gasteiger partial charge on any atom is -0.461 e. The van der Waals surface area contributed by atoms with E-state index in [1.165, 1.54) is 0 Å². The maximum atomic E-state index is 13.1. The van der Waals surface area contributed by atoms with Crippen LogP contribution in [0.1, 0.15) is 78.7 Å². The fourth-order valence-electron chi connectivity index (χ4n) is 3.48. The maximum Gasteiger partial charge on any atom is 0.340 e. The number of nitrogen functional groups attached to an aromatic ring is 1. The summed E-state index contributed by atoms with van der Waals surface area (Å²) in [7, 11) is 0. The molecule has 2 N–H and O–H groups in total. The molecule has 1 aromatic rings. The van der Waals surface area contributed by atoms with Gasteiger partial charge in [-0.2, -0.15) is 0 Å². The molecule has 0 unspecified atom stereocenters. The number of aryl methyl sites for hydroxylation is 1. The predicted octanol–water partition coefficient (Wildman–Crippen LogP) is 5.17. The van der Waals surface area contributed by atoms with Crippen molar-refractivity contribution in [2.45, 2.75) is 86.0 Å². The third-order valence-electron chi connectivity index (χ3n) is 5.08. The van der Waals surface area contributed by atoms with E-state index in [2.05, 4.69) is 39.7 Å².